The van der Waals surface area contributed by atoms with Crippen molar-refractivity contribution in [2.24, 2.45) is 5.73 Å². The number of halogens is 2. The van der Waals surface area contributed by atoms with Crippen LogP contribution in [-0.2, 0) is 0 Å². The second kappa shape index (κ2) is 3.98. The van der Waals surface area contributed by atoms with Crippen LogP contribution in [0.1, 0.15) is 11.7 Å². The van der Waals surface area contributed by atoms with Crippen molar-refractivity contribution in [1.29, 1.82) is 0 Å². The molecule has 12 heavy (non-hydrogen) atoms. The molecule has 0 aromatic heterocycles. The third kappa shape index (κ3) is 2.03. The smallest absolute Gasteiger partial charge is 0.137 e. The van der Waals surface area contributed by atoms with E-state index >= 15 is 0 Å². The molecule has 4 heteroatoms. The first kappa shape index (κ1) is 9.64. The van der Waals surface area contributed by atoms with Gasteiger partial charge < -0.3 is 10.8 Å². The van der Waals surface area contributed by atoms with Gasteiger partial charge in [-0.2, -0.15) is 0 Å². The molecular weight excluding hydrogens is 225 g/mol. The number of nitrogens with two attached hydrogens (primary N) is 1. The summed E-state index contributed by atoms with van der Waals surface area (Å²) in [6.45, 7) is 0.0983. The minimum absolute atomic E-state index is 0.0983. The lowest BCUT2D eigenvalue weighted by atomic mass is 10.1. The van der Waals surface area contributed by atoms with Crippen molar-refractivity contribution in [2.45, 2.75) is 6.10 Å². The van der Waals surface area contributed by atoms with Crippen LogP contribution < -0.4 is 5.73 Å². The van der Waals surface area contributed by atoms with E-state index in [9.17, 15) is 9.50 Å². The van der Waals surface area contributed by atoms with Gasteiger partial charge in [0.05, 0.1) is 10.6 Å². The first-order chi connectivity index (χ1) is 5.65. The Hall–Kier alpha value is -0.450. The van der Waals surface area contributed by atoms with Gasteiger partial charge in [0.2, 0.25) is 0 Å². The zero-order valence-corrected chi connectivity index (χ0v) is 7.88. The van der Waals surface area contributed by atoms with Crippen molar-refractivity contribution in [2.75, 3.05) is 6.54 Å². The predicted molar refractivity (Wildman–Crippen MR) is 48.1 cm³/mol. The first-order valence-corrected chi connectivity index (χ1v) is 4.27. The summed E-state index contributed by atoms with van der Waals surface area (Å²) in [4.78, 5) is 0. The summed E-state index contributed by atoms with van der Waals surface area (Å²) >= 11 is 3.01. The van der Waals surface area contributed by atoms with E-state index in [1.807, 2.05) is 0 Å². The molecule has 0 aliphatic heterocycles. The van der Waals surface area contributed by atoms with Crippen LogP contribution in [0.2, 0.25) is 0 Å². The maximum absolute atomic E-state index is 12.9. The van der Waals surface area contributed by atoms with Gasteiger partial charge >= 0.3 is 0 Å². The van der Waals surface area contributed by atoms with Gasteiger partial charge in [-0.1, -0.05) is 6.07 Å². The van der Waals surface area contributed by atoms with E-state index < -0.39 is 6.10 Å². The lowest BCUT2D eigenvalue weighted by molar-refractivity contribution is 0.186. The minimum Gasteiger partial charge on any atom is -0.387 e. The highest BCUT2D eigenvalue weighted by molar-refractivity contribution is 9.10. The van der Waals surface area contributed by atoms with Gasteiger partial charge in [-0.25, -0.2) is 4.39 Å². The summed E-state index contributed by atoms with van der Waals surface area (Å²) in [6, 6.07) is 4.44. The van der Waals surface area contributed by atoms with Crippen LogP contribution in [0.5, 0.6) is 0 Å². The molecule has 0 unspecified atom stereocenters. The molecule has 66 valence electrons. The van der Waals surface area contributed by atoms with E-state index in [-0.39, 0.29) is 12.4 Å². The van der Waals surface area contributed by atoms with E-state index in [1.54, 1.807) is 12.1 Å². The summed E-state index contributed by atoms with van der Waals surface area (Å²) in [5, 5.41) is 9.24. The molecule has 0 aliphatic carbocycles. The van der Waals surface area contributed by atoms with Gasteiger partial charge in [0, 0.05) is 6.54 Å². The average Bonchev–Trinajstić information content (AvgIpc) is 2.08. The maximum Gasteiger partial charge on any atom is 0.137 e. The van der Waals surface area contributed by atoms with Gasteiger partial charge in [0.15, 0.2) is 0 Å². The van der Waals surface area contributed by atoms with E-state index in [1.165, 1.54) is 6.07 Å². The van der Waals surface area contributed by atoms with Gasteiger partial charge in [-0.3, -0.25) is 0 Å². The van der Waals surface area contributed by atoms with Gasteiger partial charge in [0.1, 0.15) is 5.82 Å². The molecule has 0 heterocycles. The van der Waals surface area contributed by atoms with Crippen molar-refractivity contribution in [3.05, 3.63) is 34.1 Å². The number of hydrogen-bond donors (Lipinski definition) is 2. The minimum atomic E-state index is -0.785. The van der Waals surface area contributed by atoms with Crippen LogP contribution >= 0.6 is 15.9 Å². The molecule has 0 aliphatic rings. The molecular formula is C8H9BrFNO. The number of hydrogen-bond acceptors (Lipinski definition) is 2. The number of aliphatic hydroxyl groups excluding tert-OH is 1. The first-order valence-electron chi connectivity index (χ1n) is 3.48. The predicted octanol–water partition coefficient (Wildman–Crippen LogP) is 1.58. The highest BCUT2D eigenvalue weighted by atomic mass is 79.9. The Balaban J connectivity index is 2.96. The zero-order chi connectivity index (χ0) is 9.14. The molecule has 0 fully saturated rings. The van der Waals surface area contributed by atoms with Gasteiger partial charge in [-0.05, 0) is 33.6 Å². The number of aliphatic hydroxyl groups is 1. The molecule has 3 N–H and O–H groups in total. The fourth-order valence-corrected chi connectivity index (χ4v) is 1.10. The quantitative estimate of drug-likeness (QED) is 0.815. The molecule has 0 spiro atoms. The highest BCUT2D eigenvalue weighted by Crippen LogP contribution is 2.19. The average molecular weight is 234 g/mol. The molecule has 1 rings (SSSR count). The maximum atomic E-state index is 12.9. The largest absolute Gasteiger partial charge is 0.387 e. The topological polar surface area (TPSA) is 46.2 Å². The van der Waals surface area contributed by atoms with Crippen LogP contribution in [0.4, 0.5) is 4.39 Å². The second-order valence-corrected chi connectivity index (χ2v) is 3.28. The lowest BCUT2D eigenvalue weighted by Gasteiger charge is -2.07. The third-order valence-electron chi connectivity index (χ3n) is 1.55. The molecule has 1 aromatic carbocycles. The van der Waals surface area contributed by atoms with Crippen LogP contribution in [0.15, 0.2) is 22.7 Å². The summed E-state index contributed by atoms with van der Waals surface area (Å²) in [6.07, 6.45) is -0.785. The fourth-order valence-electron chi connectivity index (χ4n) is 0.856. The Bertz CT molecular complexity index is 280. The Morgan fingerprint density at radius 2 is 2.25 bits per heavy atom. The van der Waals surface area contributed by atoms with E-state index in [4.69, 9.17) is 5.73 Å². The second-order valence-electron chi connectivity index (χ2n) is 2.43. The van der Waals surface area contributed by atoms with Gasteiger partial charge in [0.25, 0.3) is 0 Å². The van der Waals surface area contributed by atoms with Crippen molar-refractivity contribution >= 4 is 15.9 Å². The fraction of sp³-hybridized carbons (Fsp3) is 0.250. The Morgan fingerprint density at radius 3 is 2.75 bits per heavy atom. The van der Waals surface area contributed by atoms with E-state index in [0.29, 0.717) is 10.0 Å². The molecule has 0 bridgehead atoms. The molecule has 0 radical (unpaired) electrons. The zero-order valence-electron chi connectivity index (χ0n) is 6.30. The molecule has 0 amide bonds. The monoisotopic (exact) mass is 233 g/mol. The van der Waals surface area contributed by atoms with E-state index in [0.717, 1.165) is 0 Å². The summed E-state index contributed by atoms with van der Waals surface area (Å²) < 4.78 is 13.3. The van der Waals surface area contributed by atoms with Crippen molar-refractivity contribution in [3.8, 4) is 0 Å². The summed E-state index contributed by atoms with van der Waals surface area (Å²) in [5.41, 5.74) is 5.71. The highest BCUT2D eigenvalue weighted by Gasteiger charge is 2.07. The van der Waals surface area contributed by atoms with Crippen molar-refractivity contribution in [1.82, 2.24) is 0 Å². The van der Waals surface area contributed by atoms with Crippen LogP contribution in [0.25, 0.3) is 0 Å². The molecule has 0 saturated heterocycles. The third-order valence-corrected chi connectivity index (χ3v) is 2.19. The Kier molecular flexibility index (Phi) is 3.20. The lowest BCUT2D eigenvalue weighted by Crippen LogP contribution is -2.11. The van der Waals surface area contributed by atoms with Crippen LogP contribution in [0.3, 0.4) is 0 Å². The molecule has 2 nitrogen and oxygen atoms in total. The number of benzene rings is 1. The van der Waals surface area contributed by atoms with E-state index in [2.05, 4.69) is 15.9 Å². The Labute approximate surface area is 78.3 Å². The van der Waals surface area contributed by atoms with Crippen molar-refractivity contribution < 1.29 is 9.50 Å². The standard InChI is InChI=1S/C8H9BrFNO/c9-6-2-1-5(3-7(6)10)8(12)4-11/h1-3,8,12H,4,11H2/t8-/m1/s1. The Morgan fingerprint density at radius 1 is 1.58 bits per heavy atom. The van der Waals surface area contributed by atoms with Gasteiger partial charge in [-0.15, -0.1) is 0 Å². The van der Waals surface area contributed by atoms with Crippen LogP contribution in [0, 0.1) is 5.82 Å². The SMILES string of the molecule is NC[C@@H](O)c1ccc(Br)c(F)c1. The van der Waals surface area contributed by atoms with Crippen LogP contribution in [-0.4, -0.2) is 11.7 Å². The number of rotatable bonds is 2. The molecule has 0 saturated carbocycles. The summed E-state index contributed by atoms with van der Waals surface area (Å²) in [7, 11) is 0. The molecule has 1 atom stereocenters. The summed E-state index contributed by atoms with van der Waals surface area (Å²) in [5.74, 6) is -0.389. The normalized spacial score (nSPS) is 13.0. The van der Waals surface area contributed by atoms with Crippen molar-refractivity contribution in [3.63, 3.8) is 0 Å². The molecule has 1 aromatic rings.